The van der Waals surface area contributed by atoms with Crippen LogP contribution in [0.25, 0.3) is 0 Å². The molecule has 0 unspecified atom stereocenters. The van der Waals surface area contributed by atoms with Gasteiger partial charge in [-0.15, -0.1) is 11.8 Å². The Hall–Kier alpha value is -0.100. The lowest BCUT2D eigenvalue weighted by Crippen LogP contribution is -2.35. The molecule has 0 amide bonds. The van der Waals surface area contributed by atoms with E-state index in [1.807, 2.05) is 18.3 Å². The second kappa shape index (κ2) is 7.36. The SMILES string of the molecule is Brc1ccc(SCCNC2CCOCC2)nc1. The van der Waals surface area contributed by atoms with Gasteiger partial charge in [-0.2, -0.15) is 0 Å². The average molecular weight is 317 g/mol. The number of nitrogens with one attached hydrogen (secondary N) is 1. The van der Waals surface area contributed by atoms with E-state index >= 15 is 0 Å². The number of pyridine rings is 1. The molecule has 1 aromatic rings. The molecule has 1 aliphatic heterocycles. The van der Waals surface area contributed by atoms with Gasteiger partial charge in [0.1, 0.15) is 0 Å². The Balaban J connectivity index is 1.60. The fourth-order valence-corrected chi connectivity index (χ4v) is 2.72. The van der Waals surface area contributed by atoms with Crippen LogP contribution in [0.15, 0.2) is 27.8 Å². The summed E-state index contributed by atoms with van der Waals surface area (Å²) < 4.78 is 6.36. The molecule has 0 radical (unpaired) electrons. The Bertz CT molecular complexity index is 328. The highest BCUT2D eigenvalue weighted by Crippen LogP contribution is 2.17. The number of hydrogen-bond donors (Lipinski definition) is 1. The van der Waals surface area contributed by atoms with Crippen LogP contribution in [0.1, 0.15) is 12.8 Å². The summed E-state index contributed by atoms with van der Waals surface area (Å²) in [5.74, 6) is 1.06. The van der Waals surface area contributed by atoms with E-state index in [-0.39, 0.29) is 0 Å². The van der Waals surface area contributed by atoms with E-state index in [0.717, 1.165) is 47.9 Å². The van der Waals surface area contributed by atoms with Crippen LogP contribution in [0.5, 0.6) is 0 Å². The predicted molar refractivity (Wildman–Crippen MR) is 74.5 cm³/mol. The molecule has 0 aromatic carbocycles. The number of aromatic nitrogens is 1. The van der Waals surface area contributed by atoms with Crippen molar-refractivity contribution in [2.75, 3.05) is 25.5 Å². The number of nitrogens with zero attached hydrogens (tertiary/aromatic N) is 1. The van der Waals surface area contributed by atoms with E-state index in [2.05, 4.69) is 26.2 Å². The zero-order valence-electron chi connectivity index (χ0n) is 9.69. The van der Waals surface area contributed by atoms with Gasteiger partial charge in [-0.05, 0) is 40.9 Å². The summed E-state index contributed by atoms with van der Waals surface area (Å²) in [7, 11) is 0. The highest BCUT2D eigenvalue weighted by molar-refractivity contribution is 9.10. The maximum Gasteiger partial charge on any atom is 0.0961 e. The highest BCUT2D eigenvalue weighted by Gasteiger charge is 2.12. The van der Waals surface area contributed by atoms with Crippen LogP contribution in [-0.4, -0.2) is 36.5 Å². The maximum absolute atomic E-state index is 5.33. The molecule has 1 aliphatic rings. The molecule has 2 heterocycles. The van der Waals surface area contributed by atoms with Gasteiger partial charge in [-0.1, -0.05) is 0 Å². The van der Waals surface area contributed by atoms with Crippen LogP contribution in [0.4, 0.5) is 0 Å². The number of halogens is 1. The lowest BCUT2D eigenvalue weighted by atomic mass is 10.1. The van der Waals surface area contributed by atoms with E-state index in [0.29, 0.717) is 6.04 Å². The molecule has 0 bridgehead atoms. The minimum atomic E-state index is 0.641. The van der Waals surface area contributed by atoms with E-state index < -0.39 is 0 Å². The van der Waals surface area contributed by atoms with Crippen molar-refractivity contribution in [2.45, 2.75) is 23.9 Å². The Morgan fingerprint density at radius 2 is 2.24 bits per heavy atom. The van der Waals surface area contributed by atoms with Gasteiger partial charge in [-0.3, -0.25) is 0 Å². The molecule has 0 atom stereocenters. The smallest absolute Gasteiger partial charge is 0.0961 e. The third kappa shape index (κ3) is 4.95. The van der Waals surface area contributed by atoms with E-state index in [1.165, 1.54) is 0 Å². The molecule has 94 valence electrons. The molecule has 1 aromatic heterocycles. The van der Waals surface area contributed by atoms with E-state index in [9.17, 15) is 0 Å². The van der Waals surface area contributed by atoms with Crippen molar-refractivity contribution in [3.8, 4) is 0 Å². The van der Waals surface area contributed by atoms with Crippen molar-refractivity contribution in [1.29, 1.82) is 0 Å². The molecule has 1 saturated heterocycles. The fraction of sp³-hybridized carbons (Fsp3) is 0.583. The molecule has 1 N–H and O–H groups in total. The third-order valence-electron chi connectivity index (χ3n) is 2.71. The molecule has 1 fully saturated rings. The van der Waals surface area contributed by atoms with Crippen LogP contribution < -0.4 is 5.32 Å². The monoisotopic (exact) mass is 316 g/mol. The van der Waals surface area contributed by atoms with E-state index in [4.69, 9.17) is 4.74 Å². The first-order chi connectivity index (χ1) is 8.34. The minimum absolute atomic E-state index is 0.641. The van der Waals surface area contributed by atoms with Crippen LogP contribution in [0.3, 0.4) is 0 Å². The molecular weight excluding hydrogens is 300 g/mol. The van der Waals surface area contributed by atoms with Gasteiger partial charge in [0, 0.05) is 42.2 Å². The van der Waals surface area contributed by atoms with E-state index in [1.54, 1.807) is 11.8 Å². The Kier molecular flexibility index (Phi) is 5.77. The third-order valence-corrected chi connectivity index (χ3v) is 4.12. The zero-order chi connectivity index (χ0) is 11.9. The van der Waals surface area contributed by atoms with Crippen LogP contribution in [-0.2, 0) is 4.74 Å². The van der Waals surface area contributed by atoms with Crippen LogP contribution >= 0.6 is 27.7 Å². The van der Waals surface area contributed by atoms with Crippen molar-refractivity contribution in [3.05, 3.63) is 22.8 Å². The summed E-state index contributed by atoms with van der Waals surface area (Å²) >= 11 is 5.18. The number of thioether (sulfide) groups is 1. The summed E-state index contributed by atoms with van der Waals surface area (Å²) in [4.78, 5) is 4.33. The Morgan fingerprint density at radius 3 is 2.94 bits per heavy atom. The first-order valence-electron chi connectivity index (χ1n) is 5.90. The standard InChI is InChI=1S/C12H17BrN2OS/c13-10-1-2-12(15-9-10)17-8-5-14-11-3-6-16-7-4-11/h1-2,9,11,14H,3-8H2. The first-order valence-corrected chi connectivity index (χ1v) is 7.68. The molecule has 0 aliphatic carbocycles. The quantitative estimate of drug-likeness (QED) is 0.669. The number of hydrogen-bond acceptors (Lipinski definition) is 4. The average Bonchev–Trinajstić information content (AvgIpc) is 2.38. The summed E-state index contributed by atoms with van der Waals surface area (Å²) in [6, 6.07) is 4.71. The molecule has 3 nitrogen and oxygen atoms in total. The molecule has 0 spiro atoms. The normalized spacial score (nSPS) is 17.2. The van der Waals surface area contributed by atoms with Crippen molar-refractivity contribution in [1.82, 2.24) is 10.3 Å². The van der Waals surface area contributed by atoms with Crippen LogP contribution in [0.2, 0.25) is 0 Å². The van der Waals surface area contributed by atoms with Gasteiger partial charge >= 0.3 is 0 Å². The van der Waals surface area contributed by atoms with Gasteiger partial charge in [0.2, 0.25) is 0 Å². The summed E-state index contributed by atoms with van der Waals surface area (Å²) in [6.45, 7) is 2.84. The largest absolute Gasteiger partial charge is 0.381 e. The summed E-state index contributed by atoms with van der Waals surface area (Å²) in [6.07, 6.45) is 4.12. The second-order valence-corrected chi connectivity index (χ2v) is 6.03. The molecule has 2 rings (SSSR count). The van der Waals surface area contributed by atoms with Gasteiger partial charge in [-0.25, -0.2) is 4.98 Å². The highest BCUT2D eigenvalue weighted by atomic mass is 79.9. The molecule has 17 heavy (non-hydrogen) atoms. The Labute approximate surface area is 115 Å². The maximum atomic E-state index is 5.33. The predicted octanol–water partition coefficient (Wildman–Crippen LogP) is 2.70. The topological polar surface area (TPSA) is 34.1 Å². The van der Waals surface area contributed by atoms with Gasteiger partial charge in [0.25, 0.3) is 0 Å². The minimum Gasteiger partial charge on any atom is -0.381 e. The van der Waals surface area contributed by atoms with Gasteiger partial charge in [0.05, 0.1) is 5.03 Å². The Morgan fingerprint density at radius 1 is 1.41 bits per heavy atom. The second-order valence-electron chi connectivity index (χ2n) is 4.00. The molecule has 0 saturated carbocycles. The van der Waals surface area contributed by atoms with Gasteiger partial charge < -0.3 is 10.1 Å². The number of ether oxygens (including phenoxy) is 1. The van der Waals surface area contributed by atoms with Gasteiger partial charge in [0.15, 0.2) is 0 Å². The zero-order valence-corrected chi connectivity index (χ0v) is 12.1. The van der Waals surface area contributed by atoms with Crippen molar-refractivity contribution < 1.29 is 4.74 Å². The molecule has 5 heteroatoms. The summed E-state index contributed by atoms with van der Waals surface area (Å²) in [5.41, 5.74) is 0. The fourth-order valence-electron chi connectivity index (χ4n) is 1.77. The lowest BCUT2D eigenvalue weighted by molar-refractivity contribution is 0.0786. The van der Waals surface area contributed by atoms with Crippen molar-refractivity contribution >= 4 is 27.7 Å². The lowest BCUT2D eigenvalue weighted by Gasteiger charge is -2.22. The summed E-state index contributed by atoms with van der Waals surface area (Å²) in [5, 5.41) is 4.65. The molecular formula is C12H17BrN2OS. The number of rotatable bonds is 5. The van der Waals surface area contributed by atoms with Crippen LogP contribution in [0, 0.1) is 0 Å². The first kappa shape index (κ1) is 13.3. The van der Waals surface area contributed by atoms with Crippen molar-refractivity contribution in [3.63, 3.8) is 0 Å². The van der Waals surface area contributed by atoms with Crippen molar-refractivity contribution in [2.24, 2.45) is 0 Å².